The third kappa shape index (κ3) is 8.26. The molecule has 5 nitrogen and oxygen atoms in total. The Morgan fingerprint density at radius 2 is 1.42 bits per heavy atom. The van der Waals surface area contributed by atoms with Gasteiger partial charge in [0.1, 0.15) is 5.58 Å². The summed E-state index contributed by atoms with van der Waals surface area (Å²) in [5.74, 6) is 0.309. The van der Waals surface area contributed by atoms with Crippen LogP contribution in [0.3, 0.4) is 0 Å². The Balaban J connectivity index is 1.52. The van der Waals surface area contributed by atoms with Crippen LogP contribution in [0.15, 0.2) is 86.1 Å². The zero-order chi connectivity index (χ0) is 31.5. The summed E-state index contributed by atoms with van der Waals surface area (Å²) in [7, 11) is 0. The zero-order valence-corrected chi connectivity index (χ0v) is 27.6. The maximum Gasteiger partial charge on any atom is 0.331 e. The van der Waals surface area contributed by atoms with E-state index in [1.54, 1.807) is 11.8 Å². The van der Waals surface area contributed by atoms with Crippen LogP contribution in [0.2, 0.25) is 0 Å². The van der Waals surface area contributed by atoms with E-state index in [4.69, 9.17) is 9.25 Å². The lowest BCUT2D eigenvalue weighted by molar-refractivity contribution is -0.140. The largest absolute Gasteiger partial charge is 0.452 e. The first-order chi connectivity index (χ1) is 20.1. The van der Waals surface area contributed by atoms with Gasteiger partial charge in [-0.2, -0.15) is 0 Å². The molecule has 0 unspecified atom stereocenters. The minimum absolute atomic E-state index is 0.0169. The van der Waals surface area contributed by atoms with Crippen LogP contribution < -0.4 is 0 Å². The summed E-state index contributed by atoms with van der Waals surface area (Å²) < 4.78 is 6.23. The molecule has 4 aromatic rings. The van der Waals surface area contributed by atoms with Gasteiger partial charge in [-0.1, -0.05) is 90.5 Å². The Morgan fingerprint density at radius 3 is 1.93 bits per heavy atom. The van der Waals surface area contributed by atoms with Crippen LogP contribution in [-0.4, -0.2) is 17.5 Å². The van der Waals surface area contributed by atoms with Crippen molar-refractivity contribution in [1.82, 2.24) is 0 Å². The molecule has 0 saturated heterocycles. The van der Waals surface area contributed by atoms with Gasteiger partial charge in [-0.25, -0.2) is 4.79 Å². The van der Waals surface area contributed by atoms with Crippen LogP contribution >= 0.6 is 11.8 Å². The summed E-state index contributed by atoms with van der Waals surface area (Å²) in [6.07, 6.45) is 1.68. The van der Waals surface area contributed by atoms with Gasteiger partial charge in [-0.3, -0.25) is 4.79 Å². The lowest BCUT2D eigenvalue weighted by Gasteiger charge is -2.25. The van der Waals surface area contributed by atoms with E-state index in [0.29, 0.717) is 17.2 Å². The lowest BCUT2D eigenvalue weighted by atomic mass is 9.80. The van der Waals surface area contributed by atoms with Crippen LogP contribution in [0.25, 0.3) is 11.0 Å². The molecule has 43 heavy (non-hydrogen) atoms. The topological polar surface area (TPSA) is 68.9 Å². The molecule has 0 saturated carbocycles. The number of furan rings is 1. The average Bonchev–Trinajstić information content (AvgIpc) is 3.36. The number of carbonyl (C=O) groups is 2. The van der Waals surface area contributed by atoms with E-state index < -0.39 is 5.97 Å². The number of nitrogens with zero attached hydrogens (tertiary/aromatic N) is 1. The molecule has 0 amide bonds. The molecule has 226 valence electrons. The normalized spacial score (nSPS) is 12.7. The molecular weight excluding hydrogens is 554 g/mol. The lowest BCUT2D eigenvalue weighted by Crippen LogP contribution is -2.16. The van der Waals surface area contributed by atoms with Crippen LogP contribution in [-0.2, 0) is 20.5 Å². The maximum atomic E-state index is 13.5. The van der Waals surface area contributed by atoms with Crippen LogP contribution in [0.4, 0.5) is 0 Å². The van der Waals surface area contributed by atoms with Crippen molar-refractivity contribution in [3.05, 3.63) is 94.7 Å². The molecule has 0 radical (unpaired) electrons. The van der Waals surface area contributed by atoms with Gasteiger partial charge >= 0.3 is 5.97 Å². The van der Waals surface area contributed by atoms with Gasteiger partial charge in [0.05, 0.1) is 5.71 Å². The number of oxime groups is 1. The molecule has 0 aliphatic heterocycles. The third-order valence-corrected chi connectivity index (χ3v) is 8.31. The fourth-order valence-corrected chi connectivity index (χ4v) is 5.53. The second kappa shape index (κ2) is 12.9. The Hall–Kier alpha value is -3.64. The molecule has 0 fully saturated rings. The summed E-state index contributed by atoms with van der Waals surface area (Å²) in [5.41, 5.74) is 5.25. The van der Waals surface area contributed by atoms with Gasteiger partial charge in [-0.15, -0.1) is 0 Å². The summed E-state index contributed by atoms with van der Waals surface area (Å²) >= 11 is 1.61. The van der Waals surface area contributed by atoms with Crippen molar-refractivity contribution in [2.45, 2.75) is 95.8 Å². The molecule has 0 atom stereocenters. The van der Waals surface area contributed by atoms with E-state index in [-0.39, 0.29) is 16.6 Å². The molecule has 0 bridgehead atoms. The second-order valence-corrected chi connectivity index (χ2v) is 14.7. The highest BCUT2D eigenvalue weighted by Gasteiger charge is 2.26. The first kappa shape index (κ1) is 32.3. The predicted octanol–water partition coefficient (Wildman–Crippen LogP) is 10.1. The number of hydrogen-bond acceptors (Lipinski definition) is 6. The highest BCUT2D eigenvalue weighted by atomic mass is 32.2. The minimum atomic E-state index is -0.430. The van der Waals surface area contributed by atoms with Gasteiger partial charge in [0, 0.05) is 33.2 Å². The minimum Gasteiger partial charge on any atom is -0.452 e. The summed E-state index contributed by atoms with van der Waals surface area (Å²) in [6.45, 7) is 18.8. The number of fused-ring (bicyclic) bond motifs is 1. The van der Waals surface area contributed by atoms with Gasteiger partial charge in [-0.05, 0) is 89.2 Å². The Labute approximate surface area is 260 Å². The van der Waals surface area contributed by atoms with Crippen molar-refractivity contribution < 1.29 is 18.8 Å². The van der Waals surface area contributed by atoms with E-state index in [1.807, 2.05) is 54.6 Å². The van der Waals surface area contributed by atoms with Crippen molar-refractivity contribution in [2.75, 3.05) is 0 Å². The molecule has 0 spiro atoms. The van der Waals surface area contributed by atoms with E-state index in [9.17, 15) is 9.59 Å². The third-order valence-electron chi connectivity index (χ3n) is 7.30. The number of carbonyl (C=O) groups excluding carboxylic acids is 2. The summed E-state index contributed by atoms with van der Waals surface area (Å²) in [6, 6.07) is 21.9. The van der Waals surface area contributed by atoms with Gasteiger partial charge in [0.2, 0.25) is 5.78 Å². The number of rotatable bonds is 9. The van der Waals surface area contributed by atoms with E-state index in [0.717, 1.165) is 50.4 Å². The first-order valence-electron chi connectivity index (χ1n) is 14.9. The number of benzene rings is 3. The van der Waals surface area contributed by atoms with Crippen LogP contribution in [0.1, 0.15) is 108 Å². The Bertz CT molecular complexity index is 1630. The molecule has 0 aliphatic rings. The number of ketones is 1. The molecule has 4 rings (SSSR count). The zero-order valence-electron chi connectivity index (χ0n) is 26.8. The summed E-state index contributed by atoms with van der Waals surface area (Å²) in [5, 5.41) is 5.06. The molecule has 3 aromatic carbocycles. The van der Waals surface area contributed by atoms with Crippen LogP contribution in [0.5, 0.6) is 0 Å². The molecule has 1 aromatic heterocycles. The molecule has 6 heteroatoms. The van der Waals surface area contributed by atoms with Gasteiger partial charge in [0.15, 0.2) is 5.76 Å². The Kier molecular flexibility index (Phi) is 9.70. The van der Waals surface area contributed by atoms with E-state index >= 15 is 0 Å². The smallest absolute Gasteiger partial charge is 0.331 e. The Morgan fingerprint density at radius 1 is 0.837 bits per heavy atom. The standard InChI is InChI=1S/C37H43NO4S/c1-23(2)10-19-32(38-42-24(3)39)25-11-15-29(16-12-25)43-30-17-13-26(14-18-30)34(40)33-21-27-20-28(36(4,5)6)22-31(35(27)41-33)37(7,8)9/h11-18,20-23H,10,19H2,1-9H3. The van der Waals surface area contributed by atoms with Gasteiger partial charge in [0.25, 0.3) is 0 Å². The second-order valence-electron chi connectivity index (χ2n) is 13.6. The predicted molar refractivity (Wildman–Crippen MR) is 176 cm³/mol. The SMILES string of the molecule is CC(=O)ON=C(CCC(C)C)c1ccc(Sc2ccc(C(=O)c3cc4cc(C(C)(C)C)cc(C(C)(C)C)c4o3)cc2)cc1. The first-order valence-corrected chi connectivity index (χ1v) is 15.7. The molecule has 0 N–H and O–H groups in total. The summed E-state index contributed by atoms with van der Waals surface area (Å²) in [4.78, 5) is 31.8. The quantitative estimate of drug-likeness (QED) is 0.0831. The maximum absolute atomic E-state index is 13.5. The van der Waals surface area contributed by atoms with E-state index in [1.165, 1.54) is 12.5 Å². The van der Waals surface area contributed by atoms with Crippen molar-refractivity contribution in [2.24, 2.45) is 11.1 Å². The average molecular weight is 598 g/mol. The molecule has 0 aliphatic carbocycles. The van der Waals surface area contributed by atoms with Gasteiger partial charge < -0.3 is 9.25 Å². The van der Waals surface area contributed by atoms with Crippen molar-refractivity contribution in [3.8, 4) is 0 Å². The van der Waals surface area contributed by atoms with E-state index in [2.05, 4.69) is 72.7 Å². The highest BCUT2D eigenvalue weighted by Crippen LogP contribution is 2.37. The fraction of sp³-hybridized carbons (Fsp3) is 0.378. The van der Waals surface area contributed by atoms with Crippen molar-refractivity contribution in [1.29, 1.82) is 0 Å². The van der Waals surface area contributed by atoms with Crippen molar-refractivity contribution in [3.63, 3.8) is 0 Å². The monoisotopic (exact) mass is 597 g/mol. The molecule has 1 heterocycles. The molecular formula is C37H43NO4S. The van der Waals surface area contributed by atoms with Crippen LogP contribution in [0, 0.1) is 5.92 Å². The highest BCUT2D eigenvalue weighted by molar-refractivity contribution is 7.99. The number of hydrogen-bond donors (Lipinski definition) is 0. The van der Waals surface area contributed by atoms with Crippen molar-refractivity contribution >= 4 is 40.2 Å². The fourth-order valence-electron chi connectivity index (χ4n) is 4.71.